The van der Waals surface area contributed by atoms with Crippen LogP contribution in [0, 0.1) is 17.8 Å². The molecule has 2 fully saturated rings. The third-order valence-corrected chi connectivity index (χ3v) is 3.74. The van der Waals surface area contributed by atoms with Gasteiger partial charge in [0.1, 0.15) is 0 Å². The van der Waals surface area contributed by atoms with Crippen LogP contribution in [0.2, 0.25) is 0 Å². The Hall–Kier alpha value is -0.570. The van der Waals surface area contributed by atoms with Gasteiger partial charge in [-0.3, -0.25) is 4.79 Å². The van der Waals surface area contributed by atoms with E-state index in [1.54, 1.807) is 0 Å². The number of hydrogen-bond donors (Lipinski definition) is 1. The van der Waals surface area contributed by atoms with E-state index < -0.39 is 0 Å². The molecule has 3 atom stereocenters. The highest BCUT2D eigenvalue weighted by Gasteiger charge is 2.38. The zero-order chi connectivity index (χ0) is 10.1. The monoisotopic (exact) mass is 196 g/mol. The molecule has 3 unspecified atom stereocenters. The average Bonchev–Trinajstić information content (AvgIpc) is 2.74. The van der Waals surface area contributed by atoms with Crippen LogP contribution in [-0.4, -0.2) is 37.0 Å². The molecule has 1 amide bonds. The molecule has 2 heterocycles. The predicted octanol–water partition coefficient (Wildman–Crippen LogP) is 0.710. The Kier molecular flexibility index (Phi) is 2.77. The van der Waals surface area contributed by atoms with Crippen LogP contribution >= 0.6 is 0 Å². The molecule has 0 saturated carbocycles. The molecule has 0 spiro atoms. The smallest absolute Gasteiger partial charge is 0.225 e. The predicted molar refractivity (Wildman–Crippen MR) is 55.9 cm³/mol. The fraction of sp³-hybridized carbons (Fsp3) is 0.909. The van der Waals surface area contributed by atoms with Gasteiger partial charge in [-0.15, -0.1) is 0 Å². The summed E-state index contributed by atoms with van der Waals surface area (Å²) in [5.74, 6) is 2.02. The van der Waals surface area contributed by atoms with Gasteiger partial charge in [-0.25, -0.2) is 0 Å². The summed E-state index contributed by atoms with van der Waals surface area (Å²) < 4.78 is 0. The molecule has 3 nitrogen and oxygen atoms in total. The van der Waals surface area contributed by atoms with Gasteiger partial charge in [0.05, 0.1) is 0 Å². The van der Waals surface area contributed by atoms with Crippen molar-refractivity contribution < 1.29 is 4.79 Å². The quantitative estimate of drug-likeness (QED) is 0.705. The van der Waals surface area contributed by atoms with Crippen LogP contribution in [0.15, 0.2) is 0 Å². The Labute approximate surface area is 85.8 Å². The fourth-order valence-electron chi connectivity index (χ4n) is 2.52. The highest BCUT2D eigenvalue weighted by Crippen LogP contribution is 2.27. The number of likely N-dealkylation sites (tertiary alicyclic amines) is 1. The first kappa shape index (κ1) is 9.97. The van der Waals surface area contributed by atoms with Gasteiger partial charge >= 0.3 is 0 Å². The summed E-state index contributed by atoms with van der Waals surface area (Å²) in [6.07, 6.45) is 0.961. The lowest BCUT2D eigenvalue weighted by molar-refractivity contribution is -0.134. The van der Waals surface area contributed by atoms with E-state index in [1.807, 2.05) is 6.92 Å². The lowest BCUT2D eigenvalue weighted by atomic mass is 10.0. The van der Waals surface area contributed by atoms with Gasteiger partial charge in [-0.1, -0.05) is 13.8 Å². The topological polar surface area (TPSA) is 32.3 Å². The van der Waals surface area contributed by atoms with Crippen LogP contribution < -0.4 is 5.32 Å². The second-order valence-electron chi connectivity index (χ2n) is 4.73. The van der Waals surface area contributed by atoms with Gasteiger partial charge in [0, 0.05) is 32.1 Å². The summed E-state index contributed by atoms with van der Waals surface area (Å²) in [4.78, 5) is 14.0. The van der Waals surface area contributed by atoms with Crippen LogP contribution in [-0.2, 0) is 4.79 Å². The average molecular weight is 196 g/mol. The van der Waals surface area contributed by atoms with Crippen molar-refractivity contribution in [3.63, 3.8) is 0 Å². The lowest BCUT2D eigenvalue weighted by Crippen LogP contribution is -2.35. The zero-order valence-corrected chi connectivity index (χ0v) is 9.12. The van der Waals surface area contributed by atoms with Crippen molar-refractivity contribution in [3.05, 3.63) is 0 Å². The number of carbonyl (C=O) groups excluding carboxylic acids is 1. The fourth-order valence-corrected chi connectivity index (χ4v) is 2.52. The third-order valence-electron chi connectivity index (χ3n) is 3.74. The second kappa shape index (κ2) is 3.89. The highest BCUT2D eigenvalue weighted by molar-refractivity contribution is 5.78. The molecule has 2 rings (SSSR count). The van der Waals surface area contributed by atoms with E-state index in [0.717, 1.165) is 44.4 Å². The number of carbonyl (C=O) groups is 1. The normalized spacial score (nSPS) is 33.1. The maximum Gasteiger partial charge on any atom is 0.225 e. The summed E-state index contributed by atoms with van der Waals surface area (Å²) in [6.45, 7) is 8.31. The summed E-state index contributed by atoms with van der Waals surface area (Å²) >= 11 is 0. The van der Waals surface area contributed by atoms with E-state index >= 15 is 0 Å². The van der Waals surface area contributed by atoms with Crippen LogP contribution in [0.1, 0.15) is 20.3 Å². The van der Waals surface area contributed by atoms with Gasteiger partial charge in [0.2, 0.25) is 5.91 Å². The van der Waals surface area contributed by atoms with Crippen molar-refractivity contribution in [2.45, 2.75) is 20.3 Å². The second-order valence-corrected chi connectivity index (χ2v) is 4.73. The summed E-state index contributed by atoms with van der Waals surface area (Å²) in [5.41, 5.74) is 0. The molecule has 80 valence electrons. The van der Waals surface area contributed by atoms with E-state index in [1.165, 1.54) is 0 Å². The molecule has 3 heteroatoms. The SMILES string of the molecule is CCC(C)C(=O)N1CC2CNCC2C1. The van der Waals surface area contributed by atoms with Crippen molar-refractivity contribution in [1.82, 2.24) is 10.2 Å². The van der Waals surface area contributed by atoms with Crippen LogP contribution in [0.3, 0.4) is 0 Å². The molecule has 2 aliphatic rings. The number of amides is 1. The standard InChI is InChI=1S/C11H20N2O/c1-3-8(2)11(14)13-6-9-4-12-5-10(9)7-13/h8-10,12H,3-7H2,1-2H3. The molecule has 14 heavy (non-hydrogen) atoms. The molecular formula is C11H20N2O. The van der Waals surface area contributed by atoms with Crippen LogP contribution in [0.5, 0.6) is 0 Å². The van der Waals surface area contributed by atoms with Gasteiger partial charge < -0.3 is 10.2 Å². The Bertz CT molecular complexity index is 217. The van der Waals surface area contributed by atoms with E-state index in [4.69, 9.17) is 0 Å². The van der Waals surface area contributed by atoms with Gasteiger partial charge in [0.25, 0.3) is 0 Å². The van der Waals surface area contributed by atoms with Crippen molar-refractivity contribution in [3.8, 4) is 0 Å². The molecule has 0 aliphatic carbocycles. The minimum Gasteiger partial charge on any atom is -0.342 e. The minimum atomic E-state index is 0.210. The Morgan fingerprint density at radius 3 is 2.50 bits per heavy atom. The summed E-state index contributed by atoms with van der Waals surface area (Å²) in [7, 11) is 0. The molecule has 0 aromatic heterocycles. The van der Waals surface area contributed by atoms with Crippen molar-refractivity contribution >= 4 is 5.91 Å². The maximum atomic E-state index is 11.9. The van der Waals surface area contributed by atoms with Crippen LogP contribution in [0.4, 0.5) is 0 Å². The van der Waals surface area contributed by atoms with Gasteiger partial charge in [0.15, 0.2) is 0 Å². The summed E-state index contributed by atoms with van der Waals surface area (Å²) in [6, 6.07) is 0. The summed E-state index contributed by atoms with van der Waals surface area (Å²) in [5, 5.41) is 3.39. The number of fused-ring (bicyclic) bond motifs is 1. The van der Waals surface area contributed by atoms with E-state index in [9.17, 15) is 4.79 Å². The molecule has 0 aromatic carbocycles. The molecule has 2 aliphatic heterocycles. The third kappa shape index (κ3) is 1.65. The Morgan fingerprint density at radius 2 is 2.00 bits per heavy atom. The van der Waals surface area contributed by atoms with E-state index in [2.05, 4.69) is 17.1 Å². The minimum absolute atomic E-state index is 0.210. The Balaban J connectivity index is 1.92. The van der Waals surface area contributed by atoms with E-state index in [0.29, 0.717) is 5.91 Å². The first-order chi connectivity index (χ1) is 6.72. The molecule has 0 radical (unpaired) electrons. The van der Waals surface area contributed by atoms with Crippen molar-refractivity contribution in [2.75, 3.05) is 26.2 Å². The van der Waals surface area contributed by atoms with Gasteiger partial charge in [-0.2, -0.15) is 0 Å². The molecule has 0 aromatic rings. The zero-order valence-electron chi connectivity index (χ0n) is 9.12. The van der Waals surface area contributed by atoms with Crippen LogP contribution in [0.25, 0.3) is 0 Å². The highest BCUT2D eigenvalue weighted by atomic mass is 16.2. The molecule has 0 bridgehead atoms. The first-order valence-corrected chi connectivity index (χ1v) is 5.72. The molecule has 2 saturated heterocycles. The number of nitrogens with one attached hydrogen (secondary N) is 1. The largest absolute Gasteiger partial charge is 0.342 e. The van der Waals surface area contributed by atoms with E-state index in [-0.39, 0.29) is 5.92 Å². The van der Waals surface area contributed by atoms with Crippen molar-refractivity contribution in [2.24, 2.45) is 17.8 Å². The molecule has 1 N–H and O–H groups in total. The molecular weight excluding hydrogens is 176 g/mol. The first-order valence-electron chi connectivity index (χ1n) is 5.72. The number of nitrogens with zero attached hydrogens (tertiary/aromatic N) is 1. The Morgan fingerprint density at radius 1 is 1.43 bits per heavy atom. The maximum absolute atomic E-state index is 11.9. The number of hydrogen-bond acceptors (Lipinski definition) is 2. The number of rotatable bonds is 2. The lowest BCUT2D eigenvalue weighted by Gasteiger charge is -2.20. The van der Waals surface area contributed by atoms with Crippen molar-refractivity contribution in [1.29, 1.82) is 0 Å². The van der Waals surface area contributed by atoms with Gasteiger partial charge in [-0.05, 0) is 18.3 Å².